The zero-order valence-corrected chi connectivity index (χ0v) is 20.2. The molecule has 2 N–H and O–H groups in total. The van der Waals surface area contributed by atoms with E-state index in [0.717, 1.165) is 5.56 Å². The Kier molecular flexibility index (Phi) is 5.86. The molecule has 1 saturated carbocycles. The van der Waals surface area contributed by atoms with Gasteiger partial charge < -0.3 is 20.1 Å². The summed E-state index contributed by atoms with van der Waals surface area (Å²) in [6.07, 6.45) is 6.50. The first-order chi connectivity index (χ1) is 17.7. The van der Waals surface area contributed by atoms with Crippen molar-refractivity contribution in [3.05, 3.63) is 54.2 Å². The fourth-order valence-electron chi connectivity index (χ4n) is 4.59. The zero-order valence-electron chi connectivity index (χ0n) is 20.2. The van der Waals surface area contributed by atoms with Gasteiger partial charge >= 0.3 is 0 Å². The molecule has 0 aromatic carbocycles. The van der Waals surface area contributed by atoms with E-state index >= 15 is 0 Å². The number of amides is 2. The lowest BCUT2D eigenvalue weighted by Gasteiger charge is -2.50. The Balaban J connectivity index is 1.31. The SMILES string of the molecule is CNC(=O)c1ncc(Nc2nccc(-c3ccn(C4(CC#N)CN(C(=O)C5CC5(F)F)C4)c3)n2)cc1C. The third-order valence-electron chi connectivity index (χ3n) is 6.78. The second-order valence-corrected chi connectivity index (χ2v) is 9.44. The summed E-state index contributed by atoms with van der Waals surface area (Å²) >= 11 is 0. The number of pyridine rings is 1. The molecule has 4 heterocycles. The van der Waals surface area contributed by atoms with Crippen LogP contribution in [0.1, 0.15) is 28.9 Å². The first-order valence-electron chi connectivity index (χ1n) is 11.7. The molecule has 5 rings (SSSR count). The molecule has 0 bridgehead atoms. The van der Waals surface area contributed by atoms with Crippen LogP contribution >= 0.6 is 0 Å². The van der Waals surface area contributed by atoms with Crippen LogP contribution in [-0.2, 0) is 10.3 Å². The van der Waals surface area contributed by atoms with Gasteiger partial charge in [0.15, 0.2) is 0 Å². The van der Waals surface area contributed by atoms with Crippen molar-refractivity contribution in [1.82, 2.24) is 29.7 Å². The van der Waals surface area contributed by atoms with Crippen molar-refractivity contribution in [3.8, 4) is 17.3 Å². The highest BCUT2D eigenvalue weighted by atomic mass is 19.3. The Bertz CT molecular complexity index is 1420. The molecule has 1 unspecified atom stereocenters. The summed E-state index contributed by atoms with van der Waals surface area (Å²) in [5.74, 6) is -4.64. The van der Waals surface area contributed by atoms with Crippen LogP contribution in [0, 0.1) is 24.2 Å². The highest BCUT2D eigenvalue weighted by molar-refractivity contribution is 5.93. The van der Waals surface area contributed by atoms with Gasteiger partial charge in [-0.2, -0.15) is 5.26 Å². The van der Waals surface area contributed by atoms with Crippen LogP contribution in [0.5, 0.6) is 0 Å². The topological polar surface area (TPSA) is 129 Å². The third kappa shape index (κ3) is 4.48. The highest BCUT2D eigenvalue weighted by Crippen LogP contribution is 2.51. The van der Waals surface area contributed by atoms with Gasteiger partial charge in [0.1, 0.15) is 11.6 Å². The molecule has 37 heavy (non-hydrogen) atoms. The van der Waals surface area contributed by atoms with Gasteiger partial charge in [0.05, 0.1) is 35.6 Å². The van der Waals surface area contributed by atoms with Crippen LogP contribution in [-0.4, -0.2) is 62.3 Å². The van der Waals surface area contributed by atoms with Crippen molar-refractivity contribution in [2.75, 3.05) is 25.5 Å². The van der Waals surface area contributed by atoms with E-state index in [1.54, 1.807) is 38.5 Å². The average Bonchev–Trinajstić information content (AvgIpc) is 3.24. The first kappa shape index (κ1) is 24.3. The number of aromatic nitrogens is 4. The number of likely N-dealkylation sites (tertiary alicyclic amines) is 1. The van der Waals surface area contributed by atoms with Crippen molar-refractivity contribution in [3.63, 3.8) is 0 Å². The number of halogens is 2. The molecule has 12 heteroatoms. The van der Waals surface area contributed by atoms with Gasteiger partial charge in [-0.15, -0.1) is 0 Å². The molecule has 1 saturated heterocycles. The van der Waals surface area contributed by atoms with E-state index in [1.807, 2.05) is 16.8 Å². The molecule has 2 amide bonds. The minimum Gasteiger partial charge on any atom is -0.354 e. The van der Waals surface area contributed by atoms with Gasteiger partial charge in [-0.1, -0.05) is 0 Å². The Hall–Kier alpha value is -4.40. The summed E-state index contributed by atoms with van der Waals surface area (Å²) in [5, 5.41) is 15.0. The molecule has 2 aliphatic rings. The second kappa shape index (κ2) is 8.92. The molecule has 1 aliphatic heterocycles. The molecule has 10 nitrogen and oxygen atoms in total. The van der Waals surface area contributed by atoms with Gasteiger partial charge in [0.25, 0.3) is 11.8 Å². The molecule has 1 aliphatic carbocycles. The van der Waals surface area contributed by atoms with Crippen molar-refractivity contribution < 1.29 is 18.4 Å². The summed E-state index contributed by atoms with van der Waals surface area (Å²) in [5.41, 5.74) is 2.37. The molecule has 3 aromatic rings. The Labute approximate surface area is 211 Å². The van der Waals surface area contributed by atoms with Gasteiger partial charge in [-0.25, -0.2) is 23.7 Å². The first-order valence-corrected chi connectivity index (χ1v) is 11.7. The minimum absolute atomic E-state index is 0.140. The minimum atomic E-state index is -2.91. The van der Waals surface area contributed by atoms with Crippen molar-refractivity contribution in [2.45, 2.75) is 31.2 Å². The van der Waals surface area contributed by atoms with Crippen LogP contribution in [0.2, 0.25) is 0 Å². The van der Waals surface area contributed by atoms with Crippen molar-refractivity contribution in [1.29, 1.82) is 5.26 Å². The number of nitrogens with zero attached hydrogens (tertiary/aromatic N) is 6. The molecule has 190 valence electrons. The van der Waals surface area contributed by atoms with Gasteiger partial charge in [0, 0.05) is 50.7 Å². The number of carbonyl (C=O) groups is 2. The summed E-state index contributed by atoms with van der Waals surface area (Å²) in [4.78, 5) is 38.6. The number of nitriles is 1. The van der Waals surface area contributed by atoms with E-state index in [-0.39, 0.29) is 25.4 Å². The molecule has 0 radical (unpaired) electrons. The van der Waals surface area contributed by atoms with Crippen LogP contribution in [0.3, 0.4) is 0 Å². The van der Waals surface area contributed by atoms with E-state index < -0.39 is 29.7 Å². The van der Waals surface area contributed by atoms with E-state index in [2.05, 4.69) is 31.7 Å². The molecule has 1 atom stereocenters. The van der Waals surface area contributed by atoms with Gasteiger partial charge in [-0.3, -0.25) is 9.59 Å². The predicted octanol–water partition coefficient (Wildman–Crippen LogP) is 2.86. The van der Waals surface area contributed by atoms with E-state index in [9.17, 15) is 23.6 Å². The summed E-state index contributed by atoms with van der Waals surface area (Å²) < 4.78 is 28.5. The molecule has 3 aromatic heterocycles. The van der Waals surface area contributed by atoms with Crippen molar-refractivity contribution in [2.24, 2.45) is 5.92 Å². The number of aryl methyl sites for hydroxylation is 1. The third-order valence-corrected chi connectivity index (χ3v) is 6.78. The number of hydrogen-bond acceptors (Lipinski definition) is 7. The smallest absolute Gasteiger partial charge is 0.269 e. The Morgan fingerprint density at radius 3 is 2.68 bits per heavy atom. The van der Waals surface area contributed by atoms with Crippen LogP contribution in [0.4, 0.5) is 20.4 Å². The lowest BCUT2D eigenvalue weighted by atomic mass is 9.86. The molecular weight excluding hydrogens is 482 g/mol. The quantitative estimate of drug-likeness (QED) is 0.504. The standard InChI is InChI=1S/C25H24F2N8O2/c1-15-9-17(11-31-20(15)21(36)29-2)32-23-30-7-3-19(33-23)16-4-8-35(12-16)24(5-6-28)13-34(14-24)22(37)18-10-25(18,26)27/h3-4,7-9,11-12,18H,5,10,13-14H2,1-2H3,(H,29,36)(H,30,32,33). The predicted molar refractivity (Wildman–Crippen MR) is 129 cm³/mol. The fourth-order valence-corrected chi connectivity index (χ4v) is 4.59. The molecule has 0 spiro atoms. The monoisotopic (exact) mass is 506 g/mol. The second-order valence-electron chi connectivity index (χ2n) is 9.44. The van der Waals surface area contributed by atoms with Gasteiger partial charge in [-0.05, 0) is 30.7 Å². The van der Waals surface area contributed by atoms with Gasteiger partial charge in [0.2, 0.25) is 11.9 Å². The Morgan fingerprint density at radius 1 is 1.27 bits per heavy atom. The van der Waals surface area contributed by atoms with E-state index in [4.69, 9.17) is 0 Å². The average molecular weight is 507 g/mol. The lowest BCUT2D eigenvalue weighted by Crippen LogP contribution is -2.64. The van der Waals surface area contributed by atoms with Crippen LogP contribution in [0.25, 0.3) is 11.3 Å². The number of hydrogen-bond donors (Lipinski definition) is 2. The van der Waals surface area contributed by atoms with Crippen LogP contribution < -0.4 is 10.6 Å². The largest absolute Gasteiger partial charge is 0.354 e. The van der Waals surface area contributed by atoms with Crippen molar-refractivity contribution >= 4 is 23.5 Å². The zero-order chi connectivity index (χ0) is 26.4. The number of anilines is 2. The van der Waals surface area contributed by atoms with E-state index in [0.29, 0.717) is 28.6 Å². The van der Waals surface area contributed by atoms with Crippen LogP contribution in [0.15, 0.2) is 43.0 Å². The lowest BCUT2D eigenvalue weighted by molar-refractivity contribution is -0.145. The normalized spacial score (nSPS) is 18.9. The van der Waals surface area contributed by atoms with E-state index in [1.165, 1.54) is 11.1 Å². The number of rotatable bonds is 7. The maximum atomic E-state index is 13.3. The molecule has 2 fully saturated rings. The maximum Gasteiger partial charge on any atom is 0.269 e. The summed E-state index contributed by atoms with van der Waals surface area (Å²) in [7, 11) is 1.54. The number of nitrogens with one attached hydrogen (secondary N) is 2. The summed E-state index contributed by atoms with van der Waals surface area (Å²) in [6.45, 7) is 2.19. The summed E-state index contributed by atoms with van der Waals surface area (Å²) in [6, 6.07) is 7.52. The molecular formula is C25H24F2N8O2. The highest BCUT2D eigenvalue weighted by Gasteiger charge is 2.64. The number of carbonyl (C=O) groups excluding carboxylic acids is 2. The fraction of sp³-hybridized carbons (Fsp3) is 0.360. The number of alkyl halides is 2. The Morgan fingerprint density at radius 2 is 2.03 bits per heavy atom. The maximum absolute atomic E-state index is 13.3.